The molecule has 4 aromatic carbocycles. The van der Waals surface area contributed by atoms with Gasteiger partial charge < -0.3 is 18.9 Å². The third kappa shape index (κ3) is 8.21. The zero-order chi connectivity index (χ0) is 36.2. The van der Waals surface area contributed by atoms with E-state index in [0.717, 1.165) is 34.1 Å². The second-order valence-corrected chi connectivity index (χ2v) is 40.9. The molecule has 0 aliphatic carbocycles. The standard InChI is InChI=1S/C40H56O4P2Si4/c1-47(2,3)29-21-27(22-30(25-29)48(4,5)6)45-35-15-13-33-39(43-19-17-41-33)37(35)38-36(16-14-34-40(38)44-20-18-42-34)46-28-23-31(49(7,8)9)26-32(24-28)50(10,11)12/h13-16,21-26,45-46H,17-20H2,1-12H3. The predicted molar refractivity (Wildman–Crippen MR) is 234 cm³/mol. The van der Waals surface area contributed by atoms with Gasteiger partial charge in [0, 0.05) is 11.1 Å². The van der Waals surface area contributed by atoms with Gasteiger partial charge in [0.1, 0.15) is 26.4 Å². The van der Waals surface area contributed by atoms with Crippen molar-refractivity contribution < 1.29 is 18.9 Å². The monoisotopic (exact) mass is 774 g/mol. The van der Waals surface area contributed by atoms with E-state index in [0.29, 0.717) is 43.6 Å². The normalized spacial score (nSPS) is 15.4. The van der Waals surface area contributed by atoms with Gasteiger partial charge in [0.15, 0.2) is 23.0 Å². The van der Waals surface area contributed by atoms with E-state index >= 15 is 0 Å². The van der Waals surface area contributed by atoms with E-state index in [-0.39, 0.29) is 0 Å². The van der Waals surface area contributed by atoms with E-state index in [1.807, 2.05) is 0 Å². The lowest BCUT2D eigenvalue weighted by atomic mass is 10.0. The summed E-state index contributed by atoms with van der Waals surface area (Å²) >= 11 is 0. The van der Waals surface area contributed by atoms with E-state index < -0.39 is 32.3 Å². The minimum Gasteiger partial charge on any atom is -0.486 e. The number of ether oxygens (including phenoxy) is 4. The van der Waals surface area contributed by atoms with Crippen molar-refractivity contribution in [1.29, 1.82) is 0 Å². The van der Waals surface area contributed by atoms with Crippen molar-refractivity contribution in [3.05, 3.63) is 60.7 Å². The summed E-state index contributed by atoms with van der Waals surface area (Å²) in [7, 11) is -5.28. The van der Waals surface area contributed by atoms with Crippen LogP contribution in [0.2, 0.25) is 78.6 Å². The molecule has 2 aliphatic rings. The molecule has 2 aliphatic heterocycles. The molecular weight excluding hydrogens is 719 g/mol. The smallest absolute Gasteiger partial charge is 0.169 e. The summed E-state index contributed by atoms with van der Waals surface area (Å²) in [4.78, 5) is 0. The minimum atomic E-state index is -1.55. The number of hydrogen-bond donors (Lipinski definition) is 0. The molecule has 2 heterocycles. The summed E-state index contributed by atoms with van der Waals surface area (Å²) in [6.07, 6.45) is 0. The van der Waals surface area contributed by atoms with Crippen molar-refractivity contribution in [2.75, 3.05) is 26.4 Å². The van der Waals surface area contributed by atoms with Gasteiger partial charge in [0.05, 0.1) is 32.3 Å². The van der Waals surface area contributed by atoms with Gasteiger partial charge in [-0.05, 0) is 45.5 Å². The first-order chi connectivity index (χ1) is 23.3. The van der Waals surface area contributed by atoms with E-state index in [1.54, 1.807) is 0 Å². The van der Waals surface area contributed by atoms with Crippen LogP contribution >= 0.6 is 17.2 Å². The molecule has 50 heavy (non-hydrogen) atoms. The topological polar surface area (TPSA) is 36.9 Å². The molecule has 2 atom stereocenters. The Balaban J connectivity index is 1.58. The Morgan fingerprint density at radius 2 is 0.700 bits per heavy atom. The molecule has 0 amide bonds. The number of hydrogen-bond acceptors (Lipinski definition) is 4. The van der Waals surface area contributed by atoms with Crippen LogP contribution in [0.4, 0.5) is 0 Å². The first kappa shape index (κ1) is 37.6. The number of benzene rings is 4. The van der Waals surface area contributed by atoms with E-state index in [9.17, 15) is 0 Å². The van der Waals surface area contributed by atoms with E-state index in [1.165, 1.54) is 42.0 Å². The summed E-state index contributed by atoms with van der Waals surface area (Å²) in [5, 5.41) is 11.5. The largest absolute Gasteiger partial charge is 0.486 e. The third-order valence-corrected chi connectivity index (χ3v) is 20.2. The fraction of sp³-hybridized carbons (Fsp3) is 0.400. The summed E-state index contributed by atoms with van der Waals surface area (Å²) in [5.74, 6) is 3.29. The summed E-state index contributed by atoms with van der Waals surface area (Å²) in [6, 6.07) is 23.8. The molecular formula is C40H56O4P2Si4. The van der Waals surface area contributed by atoms with Crippen molar-refractivity contribution >= 4 is 91.4 Å². The predicted octanol–water partition coefficient (Wildman–Crippen LogP) is 6.34. The van der Waals surface area contributed by atoms with Gasteiger partial charge >= 0.3 is 0 Å². The lowest BCUT2D eigenvalue weighted by Crippen LogP contribution is -2.47. The van der Waals surface area contributed by atoms with Gasteiger partial charge in [-0.15, -0.1) is 0 Å². The highest BCUT2D eigenvalue weighted by Gasteiger charge is 2.31. The molecule has 0 bridgehead atoms. The van der Waals surface area contributed by atoms with Crippen LogP contribution in [0, 0.1) is 0 Å². The summed E-state index contributed by atoms with van der Waals surface area (Å²) in [5.41, 5.74) is 2.20. The van der Waals surface area contributed by atoms with Crippen LogP contribution in [0.1, 0.15) is 0 Å². The Hall–Kier alpha value is -2.19. The zero-order valence-corrected chi connectivity index (χ0v) is 38.2. The highest BCUT2D eigenvalue weighted by Crippen LogP contribution is 2.48. The fourth-order valence-electron chi connectivity index (χ4n) is 6.38. The van der Waals surface area contributed by atoms with Crippen LogP contribution in [0.5, 0.6) is 23.0 Å². The molecule has 0 spiro atoms. The molecule has 0 radical (unpaired) electrons. The Morgan fingerprint density at radius 1 is 0.400 bits per heavy atom. The van der Waals surface area contributed by atoms with Crippen molar-refractivity contribution in [3.8, 4) is 34.1 Å². The Bertz CT molecular complexity index is 1710. The number of fused-ring (bicyclic) bond motifs is 2. The van der Waals surface area contributed by atoms with Crippen molar-refractivity contribution in [2.24, 2.45) is 0 Å². The summed E-state index contributed by atoms with van der Waals surface area (Å²) in [6.45, 7) is 31.7. The highest BCUT2D eigenvalue weighted by atomic mass is 31.1. The average molecular weight is 775 g/mol. The molecule has 0 saturated heterocycles. The van der Waals surface area contributed by atoms with Gasteiger partial charge in [-0.2, -0.15) is 0 Å². The lowest BCUT2D eigenvalue weighted by Gasteiger charge is -2.29. The average Bonchev–Trinajstić information content (AvgIpc) is 3.03. The van der Waals surface area contributed by atoms with Crippen LogP contribution < -0.4 is 60.9 Å². The molecule has 6 rings (SSSR count). The molecule has 4 nitrogen and oxygen atoms in total. The third-order valence-electron chi connectivity index (χ3n) is 9.56. The maximum Gasteiger partial charge on any atom is 0.169 e. The van der Waals surface area contributed by atoms with Crippen molar-refractivity contribution in [2.45, 2.75) is 78.6 Å². The van der Waals surface area contributed by atoms with Crippen LogP contribution in [0.25, 0.3) is 11.1 Å². The molecule has 0 N–H and O–H groups in total. The Kier molecular flexibility index (Phi) is 10.5. The Morgan fingerprint density at radius 3 is 1.00 bits per heavy atom. The van der Waals surface area contributed by atoms with Crippen molar-refractivity contribution in [3.63, 3.8) is 0 Å². The molecule has 0 fully saturated rings. The molecule has 0 saturated carbocycles. The van der Waals surface area contributed by atoms with Gasteiger partial charge in [-0.25, -0.2) is 0 Å². The van der Waals surface area contributed by atoms with Crippen LogP contribution in [0.3, 0.4) is 0 Å². The van der Waals surface area contributed by atoms with Crippen LogP contribution in [-0.4, -0.2) is 58.7 Å². The van der Waals surface area contributed by atoms with Gasteiger partial charge in [-0.3, -0.25) is 0 Å². The second kappa shape index (κ2) is 14.0. The zero-order valence-electron chi connectivity index (χ0n) is 32.2. The first-order valence-corrected chi connectivity index (χ1v) is 34.0. The maximum absolute atomic E-state index is 6.58. The first-order valence-electron chi connectivity index (χ1n) is 18.0. The van der Waals surface area contributed by atoms with Gasteiger partial charge in [-0.1, -0.05) is 153 Å². The Labute approximate surface area is 308 Å². The van der Waals surface area contributed by atoms with Crippen LogP contribution in [-0.2, 0) is 0 Å². The van der Waals surface area contributed by atoms with Gasteiger partial charge in [0.25, 0.3) is 0 Å². The lowest BCUT2D eigenvalue weighted by molar-refractivity contribution is 0.170. The molecule has 2 unspecified atom stereocenters. The summed E-state index contributed by atoms with van der Waals surface area (Å²) < 4.78 is 25.7. The molecule has 0 aromatic heterocycles. The SMILES string of the molecule is C[Si](C)(C)c1cc(Pc2ccc3c(c2-c2c(Pc4cc([Si](C)(C)C)cc([Si](C)(C)C)c4)ccc4c2OCCO4)OCCO3)cc([Si](C)(C)C)c1. The maximum atomic E-state index is 6.58. The van der Waals surface area contributed by atoms with Crippen LogP contribution in [0.15, 0.2) is 60.7 Å². The second-order valence-electron chi connectivity index (χ2n) is 17.9. The van der Waals surface area contributed by atoms with Gasteiger partial charge in [0.2, 0.25) is 0 Å². The quantitative estimate of drug-likeness (QED) is 0.147. The van der Waals surface area contributed by atoms with E-state index in [4.69, 9.17) is 18.9 Å². The molecule has 4 aromatic rings. The number of rotatable bonds is 9. The van der Waals surface area contributed by atoms with Crippen molar-refractivity contribution in [1.82, 2.24) is 0 Å². The fourth-order valence-corrected chi connectivity index (χ4v) is 14.5. The highest BCUT2D eigenvalue weighted by molar-refractivity contribution is 7.56. The molecule has 10 heteroatoms. The molecule has 266 valence electrons. The minimum absolute atomic E-state index is 0.458. The van der Waals surface area contributed by atoms with E-state index in [2.05, 4.69) is 139 Å².